The number of nitrogens with two attached hydrogens (primary N) is 1. The van der Waals surface area contributed by atoms with E-state index in [-0.39, 0.29) is 5.91 Å². The average molecular weight is 270 g/mol. The number of hydrogen-bond donors (Lipinski definition) is 2. The molecule has 0 fully saturated rings. The molecule has 104 valence electrons. The van der Waals surface area contributed by atoms with E-state index in [1.165, 1.54) is 0 Å². The van der Waals surface area contributed by atoms with E-state index in [2.05, 4.69) is 10.4 Å². The average Bonchev–Trinajstić information content (AvgIpc) is 2.53. The first-order chi connectivity index (χ1) is 9.76. The Morgan fingerprint density at radius 1 is 1.25 bits per heavy atom. The second-order valence-electron chi connectivity index (χ2n) is 4.35. The zero-order valence-corrected chi connectivity index (χ0v) is 11.4. The molecule has 1 amide bonds. The van der Waals surface area contributed by atoms with E-state index < -0.39 is 0 Å². The minimum Gasteiger partial charge on any atom is -0.334 e. The van der Waals surface area contributed by atoms with Crippen LogP contribution in [-0.4, -0.2) is 22.3 Å². The number of carbonyl (C=O) groups is 1. The number of anilines is 1. The maximum Gasteiger partial charge on any atom is 0.257 e. The fourth-order valence-electron chi connectivity index (χ4n) is 1.99. The van der Waals surface area contributed by atoms with E-state index in [1.807, 2.05) is 37.3 Å². The van der Waals surface area contributed by atoms with Crippen LogP contribution >= 0.6 is 0 Å². The van der Waals surface area contributed by atoms with Crippen LogP contribution in [0, 0.1) is 0 Å². The molecule has 2 aromatic rings. The number of rotatable bonds is 5. The van der Waals surface area contributed by atoms with Gasteiger partial charge in [-0.2, -0.15) is 0 Å². The topological polar surface area (TPSA) is 71.2 Å². The summed E-state index contributed by atoms with van der Waals surface area (Å²) in [5, 5.41) is 0. The first kappa shape index (κ1) is 14.0. The molecule has 0 saturated carbocycles. The van der Waals surface area contributed by atoms with Gasteiger partial charge in [-0.05, 0) is 24.6 Å². The maximum absolute atomic E-state index is 12.6. The van der Waals surface area contributed by atoms with Gasteiger partial charge in [0.05, 0.1) is 5.56 Å². The highest BCUT2D eigenvalue weighted by atomic mass is 16.2. The number of benzene rings is 1. The number of hydrazine groups is 1. The molecule has 5 nitrogen and oxygen atoms in total. The van der Waals surface area contributed by atoms with Gasteiger partial charge >= 0.3 is 0 Å². The van der Waals surface area contributed by atoms with Crippen LogP contribution in [0.3, 0.4) is 0 Å². The third kappa shape index (κ3) is 3.13. The molecule has 0 spiro atoms. The molecule has 1 aromatic carbocycles. The number of nitrogens with zero attached hydrogens (tertiary/aromatic N) is 2. The molecule has 0 radical (unpaired) electrons. The number of nitrogen functional groups attached to an aromatic ring is 1. The Labute approximate surface area is 118 Å². The van der Waals surface area contributed by atoms with Gasteiger partial charge < -0.3 is 10.3 Å². The zero-order chi connectivity index (χ0) is 14.4. The number of amides is 1. The van der Waals surface area contributed by atoms with Gasteiger partial charge in [-0.15, -0.1) is 0 Å². The minimum absolute atomic E-state index is 0.0857. The van der Waals surface area contributed by atoms with Crippen LogP contribution in [-0.2, 0) is 6.54 Å². The molecular formula is C15H18N4O. The lowest BCUT2D eigenvalue weighted by atomic mass is 10.1. The lowest BCUT2D eigenvalue weighted by Gasteiger charge is -2.22. The molecule has 0 saturated heterocycles. The molecule has 3 N–H and O–H groups in total. The van der Waals surface area contributed by atoms with Crippen LogP contribution < -0.4 is 11.3 Å². The van der Waals surface area contributed by atoms with Gasteiger partial charge in [0.25, 0.3) is 5.91 Å². The second-order valence-corrected chi connectivity index (χ2v) is 4.35. The van der Waals surface area contributed by atoms with E-state index in [9.17, 15) is 4.79 Å². The molecule has 2 rings (SSSR count). The summed E-state index contributed by atoms with van der Waals surface area (Å²) < 4.78 is 0. The number of pyridine rings is 1. The fourth-order valence-corrected chi connectivity index (χ4v) is 1.99. The highest BCUT2D eigenvalue weighted by Gasteiger charge is 2.18. The smallest absolute Gasteiger partial charge is 0.257 e. The maximum atomic E-state index is 12.6. The normalized spacial score (nSPS) is 10.1. The Balaban J connectivity index is 2.21. The quantitative estimate of drug-likeness (QED) is 0.644. The zero-order valence-electron chi connectivity index (χ0n) is 11.4. The van der Waals surface area contributed by atoms with Crippen LogP contribution in [0.5, 0.6) is 0 Å². The Morgan fingerprint density at radius 2 is 2.00 bits per heavy atom. The summed E-state index contributed by atoms with van der Waals surface area (Å²) >= 11 is 0. The number of nitrogens with one attached hydrogen (secondary N) is 1. The van der Waals surface area contributed by atoms with Crippen molar-refractivity contribution in [1.82, 2.24) is 9.88 Å². The van der Waals surface area contributed by atoms with Crippen molar-refractivity contribution in [2.45, 2.75) is 13.5 Å². The molecule has 0 aliphatic carbocycles. The highest BCUT2D eigenvalue weighted by Crippen LogP contribution is 2.15. The fraction of sp³-hybridized carbons (Fsp3) is 0.200. The summed E-state index contributed by atoms with van der Waals surface area (Å²) in [6.07, 6.45) is 1.60. The summed E-state index contributed by atoms with van der Waals surface area (Å²) in [5.74, 6) is 5.71. The van der Waals surface area contributed by atoms with Crippen LogP contribution in [0.2, 0.25) is 0 Å². The second kappa shape index (κ2) is 6.68. The summed E-state index contributed by atoms with van der Waals surface area (Å²) in [5.41, 5.74) is 4.03. The van der Waals surface area contributed by atoms with Crippen LogP contribution in [0.4, 0.5) is 5.82 Å². The number of hydrogen-bond acceptors (Lipinski definition) is 4. The van der Waals surface area contributed by atoms with Gasteiger partial charge in [-0.3, -0.25) is 4.79 Å². The molecular weight excluding hydrogens is 252 g/mol. The third-order valence-electron chi connectivity index (χ3n) is 3.06. The molecule has 0 aliphatic heterocycles. The van der Waals surface area contributed by atoms with E-state index in [0.717, 1.165) is 5.56 Å². The predicted molar refractivity (Wildman–Crippen MR) is 78.9 cm³/mol. The van der Waals surface area contributed by atoms with Crippen LogP contribution in [0.25, 0.3) is 0 Å². The van der Waals surface area contributed by atoms with Crippen LogP contribution in [0.1, 0.15) is 22.8 Å². The van der Waals surface area contributed by atoms with Crippen molar-refractivity contribution < 1.29 is 4.79 Å². The molecule has 20 heavy (non-hydrogen) atoms. The van der Waals surface area contributed by atoms with E-state index in [0.29, 0.717) is 24.5 Å². The van der Waals surface area contributed by atoms with Gasteiger partial charge in [0.2, 0.25) is 0 Å². The molecule has 0 unspecified atom stereocenters. The molecule has 1 aromatic heterocycles. The Bertz CT molecular complexity index is 571. The number of carbonyl (C=O) groups excluding carboxylic acids is 1. The van der Waals surface area contributed by atoms with Gasteiger partial charge in [0, 0.05) is 19.3 Å². The van der Waals surface area contributed by atoms with E-state index >= 15 is 0 Å². The van der Waals surface area contributed by atoms with Gasteiger partial charge in [-0.1, -0.05) is 30.3 Å². The Morgan fingerprint density at radius 3 is 2.65 bits per heavy atom. The molecule has 0 bridgehead atoms. The summed E-state index contributed by atoms with van der Waals surface area (Å²) in [6, 6.07) is 13.3. The minimum atomic E-state index is -0.0857. The van der Waals surface area contributed by atoms with E-state index in [1.54, 1.807) is 23.2 Å². The lowest BCUT2D eigenvalue weighted by molar-refractivity contribution is 0.0753. The van der Waals surface area contributed by atoms with Crippen molar-refractivity contribution in [1.29, 1.82) is 0 Å². The van der Waals surface area contributed by atoms with Crippen molar-refractivity contribution in [2.75, 3.05) is 12.0 Å². The summed E-state index contributed by atoms with van der Waals surface area (Å²) in [6.45, 7) is 3.13. The first-order valence-electron chi connectivity index (χ1n) is 6.51. The standard InChI is InChI=1S/C15H18N4O/c1-2-19(11-12-7-4-3-5-8-12)15(20)13-9-6-10-17-14(13)18-16/h3-10H,2,11,16H2,1H3,(H,17,18). The third-order valence-corrected chi connectivity index (χ3v) is 3.06. The number of aromatic nitrogens is 1. The van der Waals surface area contributed by atoms with Crippen molar-refractivity contribution in [3.63, 3.8) is 0 Å². The molecule has 0 aliphatic rings. The van der Waals surface area contributed by atoms with Crippen molar-refractivity contribution >= 4 is 11.7 Å². The Kier molecular flexibility index (Phi) is 4.68. The van der Waals surface area contributed by atoms with Crippen LogP contribution in [0.15, 0.2) is 48.7 Å². The largest absolute Gasteiger partial charge is 0.334 e. The molecule has 1 heterocycles. The van der Waals surface area contributed by atoms with E-state index in [4.69, 9.17) is 5.84 Å². The first-order valence-corrected chi connectivity index (χ1v) is 6.51. The van der Waals surface area contributed by atoms with Gasteiger partial charge in [0.15, 0.2) is 5.82 Å². The summed E-state index contributed by atoms with van der Waals surface area (Å²) in [7, 11) is 0. The van der Waals surface area contributed by atoms with Gasteiger partial charge in [-0.25, -0.2) is 10.8 Å². The highest BCUT2D eigenvalue weighted by molar-refractivity contribution is 5.98. The Hall–Kier alpha value is -2.40. The van der Waals surface area contributed by atoms with Crippen molar-refractivity contribution in [2.24, 2.45) is 5.84 Å². The lowest BCUT2D eigenvalue weighted by Crippen LogP contribution is -2.31. The predicted octanol–water partition coefficient (Wildman–Crippen LogP) is 2.03. The monoisotopic (exact) mass is 270 g/mol. The van der Waals surface area contributed by atoms with Crippen molar-refractivity contribution in [3.05, 3.63) is 59.8 Å². The summed E-state index contributed by atoms with van der Waals surface area (Å²) in [4.78, 5) is 18.4. The van der Waals surface area contributed by atoms with Crippen molar-refractivity contribution in [3.8, 4) is 0 Å². The van der Waals surface area contributed by atoms with Gasteiger partial charge in [0.1, 0.15) is 0 Å². The molecule has 0 atom stereocenters. The molecule has 5 heteroatoms. The SMILES string of the molecule is CCN(Cc1ccccc1)C(=O)c1cccnc1NN.